The predicted octanol–water partition coefficient (Wildman–Crippen LogP) is 3.64. The predicted molar refractivity (Wildman–Crippen MR) is 63.3 cm³/mol. The van der Waals surface area contributed by atoms with Crippen LogP contribution in [0.15, 0.2) is 17.0 Å². The van der Waals surface area contributed by atoms with Gasteiger partial charge in [0.25, 0.3) is 0 Å². The first-order valence-electron chi connectivity index (χ1n) is 5.01. The van der Waals surface area contributed by atoms with Crippen LogP contribution in [0.25, 0.3) is 0 Å². The van der Waals surface area contributed by atoms with Crippen molar-refractivity contribution >= 4 is 17.7 Å². The van der Waals surface area contributed by atoms with Gasteiger partial charge < -0.3 is 4.74 Å². The third kappa shape index (κ3) is 3.70. The minimum Gasteiger partial charge on any atom is -0.456 e. The topological polar surface area (TPSA) is 26.3 Å². The second kappa shape index (κ2) is 5.04. The van der Waals surface area contributed by atoms with Crippen molar-refractivity contribution in [3.63, 3.8) is 0 Å². The number of thioether (sulfide) groups is 1. The first-order valence-corrected chi connectivity index (χ1v) is 6.23. The van der Waals surface area contributed by atoms with Crippen LogP contribution >= 0.6 is 11.8 Å². The highest BCUT2D eigenvalue weighted by atomic mass is 32.2. The largest absolute Gasteiger partial charge is 0.456 e. The average Bonchev–Trinajstić information content (AvgIpc) is 2.13. The van der Waals surface area contributed by atoms with Crippen molar-refractivity contribution in [1.82, 2.24) is 0 Å². The second-order valence-corrected chi connectivity index (χ2v) is 5.35. The van der Waals surface area contributed by atoms with Crippen molar-refractivity contribution in [3.05, 3.63) is 29.3 Å². The molecule has 0 heterocycles. The van der Waals surface area contributed by atoms with Crippen LogP contribution in [0.2, 0.25) is 0 Å². The summed E-state index contributed by atoms with van der Waals surface area (Å²) in [5.74, 6) is -2.78. The highest BCUT2D eigenvalue weighted by molar-refractivity contribution is 7.98. The molecular formula is C12H14F2O2S. The van der Waals surface area contributed by atoms with E-state index in [1.54, 1.807) is 27.0 Å². The van der Waals surface area contributed by atoms with Crippen molar-refractivity contribution < 1.29 is 18.3 Å². The monoisotopic (exact) mass is 260 g/mol. The maximum atomic E-state index is 13.6. The first kappa shape index (κ1) is 14.0. The summed E-state index contributed by atoms with van der Waals surface area (Å²) in [6.07, 6.45) is 1.70. The fourth-order valence-corrected chi connectivity index (χ4v) is 1.63. The van der Waals surface area contributed by atoms with Gasteiger partial charge in [0.15, 0.2) is 0 Å². The van der Waals surface area contributed by atoms with Gasteiger partial charge in [-0.3, -0.25) is 0 Å². The molecule has 17 heavy (non-hydrogen) atoms. The number of carbonyl (C=O) groups is 1. The molecule has 0 amide bonds. The van der Waals surface area contributed by atoms with Crippen molar-refractivity contribution in [3.8, 4) is 0 Å². The minimum absolute atomic E-state index is 0.423. The molecule has 1 aromatic rings. The first-order chi connectivity index (χ1) is 7.74. The fraction of sp³-hybridized carbons (Fsp3) is 0.417. The lowest BCUT2D eigenvalue weighted by Crippen LogP contribution is -2.25. The van der Waals surface area contributed by atoms with Gasteiger partial charge in [-0.1, -0.05) is 0 Å². The molecule has 0 aliphatic carbocycles. The van der Waals surface area contributed by atoms with E-state index >= 15 is 0 Å². The summed E-state index contributed by atoms with van der Waals surface area (Å²) in [6.45, 7) is 4.91. The normalized spacial score (nSPS) is 11.4. The van der Waals surface area contributed by atoms with Gasteiger partial charge in [-0.05, 0) is 39.2 Å². The van der Waals surface area contributed by atoms with Gasteiger partial charge in [0, 0.05) is 4.90 Å². The average molecular weight is 260 g/mol. The summed E-state index contributed by atoms with van der Waals surface area (Å²) in [5.41, 5.74) is -1.42. The van der Waals surface area contributed by atoms with E-state index in [0.29, 0.717) is 4.90 Å². The van der Waals surface area contributed by atoms with Crippen molar-refractivity contribution in [2.45, 2.75) is 31.3 Å². The standard InChI is InChI=1S/C12H14F2O2S/c1-12(2,3)16-11(15)10-8(13)5-7(17-4)6-9(10)14/h5-6H,1-4H3. The summed E-state index contributed by atoms with van der Waals surface area (Å²) in [6, 6.07) is 2.24. The van der Waals surface area contributed by atoms with Crippen molar-refractivity contribution in [2.24, 2.45) is 0 Å². The number of halogens is 2. The van der Waals surface area contributed by atoms with Crippen LogP contribution in [0.5, 0.6) is 0 Å². The summed E-state index contributed by atoms with van der Waals surface area (Å²) in [7, 11) is 0. The molecule has 1 aromatic carbocycles. The van der Waals surface area contributed by atoms with E-state index in [-0.39, 0.29) is 0 Å². The lowest BCUT2D eigenvalue weighted by atomic mass is 10.1. The molecule has 0 radical (unpaired) electrons. The fourth-order valence-electron chi connectivity index (χ4n) is 1.19. The number of esters is 1. The Labute approximate surface area is 103 Å². The molecule has 0 aliphatic heterocycles. The molecule has 0 aromatic heterocycles. The van der Waals surface area contributed by atoms with Gasteiger partial charge in [-0.2, -0.15) is 0 Å². The Morgan fingerprint density at radius 2 is 1.71 bits per heavy atom. The molecule has 0 saturated carbocycles. The van der Waals surface area contributed by atoms with Crippen LogP contribution in [0.3, 0.4) is 0 Å². The molecule has 0 spiro atoms. The smallest absolute Gasteiger partial charge is 0.344 e. The molecule has 5 heteroatoms. The lowest BCUT2D eigenvalue weighted by Gasteiger charge is -2.19. The van der Waals surface area contributed by atoms with Crippen LogP contribution in [0, 0.1) is 11.6 Å². The lowest BCUT2D eigenvalue weighted by molar-refractivity contribution is 0.00594. The Balaban J connectivity index is 3.10. The zero-order chi connectivity index (χ0) is 13.2. The minimum atomic E-state index is -0.986. The third-order valence-electron chi connectivity index (χ3n) is 1.85. The van der Waals surface area contributed by atoms with E-state index in [0.717, 1.165) is 12.1 Å². The van der Waals surface area contributed by atoms with Crippen molar-refractivity contribution in [1.29, 1.82) is 0 Å². The van der Waals surface area contributed by atoms with E-state index in [2.05, 4.69) is 0 Å². The number of hydrogen-bond acceptors (Lipinski definition) is 3. The maximum absolute atomic E-state index is 13.6. The number of benzene rings is 1. The molecule has 94 valence electrons. The molecule has 0 atom stereocenters. The number of ether oxygens (including phenoxy) is 1. The third-order valence-corrected chi connectivity index (χ3v) is 2.56. The van der Waals surface area contributed by atoms with Crippen LogP contribution in [0.4, 0.5) is 8.78 Å². The van der Waals surface area contributed by atoms with E-state index in [1.807, 2.05) is 0 Å². The SMILES string of the molecule is CSc1cc(F)c(C(=O)OC(C)(C)C)c(F)c1. The Morgan fingerprint density at radius 3 is 2.06 bits per heavy atom. The highest BCUT2D eigenvalue weighted by Gasteiger charge is 2.24. The molecule has 0 N–H and O–H groups in total. The summed E-state index contributed by atoms with van der Waals surface area (Å²) in [5, 5.41) is 0. The Bertz CT molecular complexity index is 416. The van der Waals surface area contributed by atoms with Gasteiger partial charge in [0.2, 0.25) is 0 Å². The Hall–Kier alpha value is -1.10. The van der Waals surface area contributed by atoms with Gasteiger partial charge >= 0.3 is 5.97 Å². The summed E-state index contributed by atoms with van der Waals surface area (Å²) in [4.78, 5) is 12.0. The molecule has 0 bridgehead atoms. The summed E-state index contributed by atoms with van der Waals surface area (Å²) < 4.78 is 32.1. The van der Waals surface area contributed by atoms with E-state index in [4.69, 9.17) is 4.74 Å². The second-order valence-electron chi connectivity index (χ2n) is 4.47. The highest BCUT2D eigenvalue weighted by Crippen LogP contribution is 2.23. The van der Waals surface area contributed by atoms with Crippen LogP contribution < -0.4 is 0 Å². The molecule has 0 saturated heterocycles. The quantitative estimate of drug-likeness (QED) is 0.600. The molecule has 0 aliphatic rings. The van der Waals surface area contributed by atoms with Crippen molar-refractivity contribution in [2.75, 3.05) is 6.26 Å². The Kier molecular flexibility index (Phi) is 4.14. The summed E-state index contributed by atoms with van der Waals surface area (Å²) >= 11 is 1.20. The number of hydrogen-bond donors (Lipinski definition) is 0. The van der Waals surface area contributed by atoms with Crippen LogP contribution in [0.1, 0.15) is 31.1 Å². The van der Waals surface area contributed by atoms with E-state index in [1.165, 1.54) is 11.8 Å². The zero-order valence-electron chi connectivity index (χ0n) is 10.1. The maximum Gasteiger partial charge on any atom is 0.344 e. The van der Waals surface area contributed by atoms with E-state index < -0.39 is 28.8 Å². The molecule has 2 nitrogen and oxygen atoms in total. The van der Waals surface area contributed by atoms with Crippen LogP contribution in [-0.4, -0.2) is 17.8 Å². The van der Waals surface area contributed by atoms with Gasteiger partial charge in [-0.25, -0.2) is 13.6 Å². The molecule has 1 rings (SSSR count). The zero-order valence-corrected chi connectivity index (χ0v) is 11.0. The number of carbonyl (C=O) groups excluding carboxylic acids is 1. The van der Waals surface area contributed by atoms with Gasteiger partial charge in [0.05, 0.1) is 0 Å². The Morgan fingerprint density at radius 1 is 1.24 bits per heavy atom. The molecular weight excluding hydrogens is 246 g/mol. The molecule has 0 fully saturated rings. The van der Waals surface area contributed by atoms with Crippen LogP contribution in [-0.2, 0) is 4.74 Å². The van der Waals surface area contributed by atoms with E-state index in [9.17, 15) is 13.6 Å². The van der Waals surface area contributed by atoms with Gasteiger partial charge in [0.1, 0.15) is 22.8 Å². The molecule has 0 unspecified atom stereocenters. The van der Waals surface area contributed by atoms with Gasteiger partial charge in [-0.15, -0.1) is 11.8 Å². The number of rotatable bonds is 2.